The number of halogens is 1. The first-order chi connectivity index (χ1) is 9.08. The molecule has 19 heavy (non-hydrogen) atoms. The summed E-state index contributed by atoms with van der Waals surface area (Å²) in [7, 11) is 0. The highest BCUT2D eigenvalue weighted by Crippen LogP contribution is 2.15. The van der Waals surface area contributed by atoms with E-state index < -0.39 is 0 Å². The quantitative estimate of drug-likeness (QED) is 0.730. The smallest absolute Gasteiger partial charge is 0.252 e. The third-order valence-electron chi connectivity index (χ3n) is 2.61. The van der Waals surface area contributed by atoms with E-state index in [4.69, 9.17) is 5.11 Å². The summed E-state index contributed by atoms with van der Waals surface area (Å²) in [6.07, 6.45) is 0.639. The van der Waals surface area contributed by atoms with Crippen LogP contribution in [0.2, 0.25) is 0 Å². The van der Waals surface area contributed by atoms with Gasteiger partial charge in [-0.05, 0) is 34.5 Å². The zero-order valence-corrected chi connectivity index (χ0v) is 12.2. The van der Waals surface area contributed by atoms with Crippen molar-refractivity contribution in [3.8, 4) is 0 Å². The van der Waals surface area contributed by atoms with Gasteiger partial charge in [-0.3, -0.25) is 9.59 Å². The third-order valence-corrected chi connectivity index (χ3v) is 3.30. The van der Waals surface area contributed by atoms with E-state index in [0.29, 0.717) is 16.5 Å². The van der Waals surface area contributed by atoms with Crippen LogP contribution < -0.4 is 10.6 Å². The van der Waals surface area contributed by atoms with E-state index >= 15 is 0 Å². The average molecular weight is 329 g/mol. The molecule has 0 radical (unpaired) electrons. The SMILES string of the molecule is CC[C@@H](CO)NC(=O)CNC(=O)c1ccccc1Br. The number of nitrogens with one attached hydrogen (secondary N) is 2. The maximum absolute atomic E-state index is 11.8. The number of aliphatic hydroxyl groups excluding tert-OH is 1. The van der Waals surface area contributed by atoms with Crippen LogP contribution in [0.5, 0.6) is 0 Å². The van der Waals surface area contributed by atoms with Crippen molar-refractivity contribution in [2.45, 2.75) is 19.4 Å². The van der Waals surface area contributed by atoms with E-state index in [2.05, 4.69) is 26.6 Å². The summed E-state index contributed by atoms with van der Waals surface area (Å²) >= 11 is 3.27. The van der Waals surface area contributed by atoms with Crippen LogP contribution >= 0.6 is 15.9 Å². The van der Waals surface area contributed by atoms with Gasteiger partial charge >= 0.3 is 0 Å². The minimum absolute atomic E-state index is 0.111. The molecule has 0 aromatic heterocycles. The highest BCUT2D eigenvalue weighted by molar-refractivity contribution is 9.10. The minimum atomic E-state index is -0.320. The van der Waals surface area contributed by atoms with Gasteiger partial charge < -0.3 is 15.7 Å². The van der Waals surface area contributed by atoms with Crippen LogP contribution in [0.15, 0.2) is 28.7 Å². The average Bonchev–Trinajstić information content (AvgIpc) is 2.42. The summed E-state index contributed by atoms with van der Waals surface area (Å²) in [5.74, 6) is -0.638. The fourth-order valence-electron chi connectivity index (χ4n) is 1.46. The second-order valence-corrected chi connectivity index (χ2v) is 4.87. The first-order valence-corrected chi connectivity index (χ1v) is 6.80. The lowest BCUT2D eigenvalue weighted by atomic mass is 10.2. The van der Waals surface area contributed by atoms with E-state index in [9.17, 15) is 9.59 Å². The fraction of sp³-hybridized carbons (Fsp3) is 0.385. The number of hydrogen-bond donors (Lipinski definition) is 3. The second kappa shape index (κ2) is 7.91. The molecule has 0 heterocycles. The van der Waals surface area contributed by atoms with Crippen molar-refractivity contribution in [2.24, 2.45) is 0 Å². The lowest BCUT2D eigenvalue weighted by molar-refractivity contribution is -0.121. The van der Waals surface area contributed by atoms with Crippen LogP contribution in [-0.4, -0.2) is 36.1 Å². The fourth-order valence-corrected chi connectivity index (χ4v) is 1.92. The van der Waals surface area contributed by atoms with Crippen molar-refractivity contribution in [1.29, 1.82) is 0 Å². The highest BCUT2D eigenvalue weighted by atomic mass is 79.9. The molecule has 0 fully saturated rings. The zero-order chi connectivity index (χ0) is 14.3. The van der Waals surface area contributed by atoms with Gasteiger partial charge in [0.05, 0.1) is 24.8 Å². The number of carbonyl (C=O) groups is 2. The van der Waals surface area contributed by atoms with E-state index in [0.717, 1.165) is 0 Å². The molecule has 0 aliphatic heterocycles. The van der Waals surface area contributed by atoms with Crippen LogP contribution in [0, 0.1) is 0 Å². The van der Waals surface area contributed by atoms with Crippen molar-refractivity contribution >= 4 is 27.7 Å². The molecule has 5 nitrogen and oxygen atoms in total. The molecule has 0 aliphatic carbocycles. The van der Waals surface area contributed by atoms with E-state index in [1.165, 1.54) is 0 Å². The molecule has 1 aromatic carbocycles. The lowest BCUT2D eigenvalue weighted by Crippen LogP contribution is -2.43. The molecule has 0 saturated carbocycles. The number of rotatable bonds is 6. The molecule has 0 bridgehead atoms. The molecule has 0 unspecified atom stereocenters. The van der Waals surface area contributed by atoms with Gasteiger partial charge in [-0.25, -0.2) is 0 Å². The molecule has 1 rings (SSSR count). The van der Waals surface area contributed by atoms with Gasteiger partial charge in [-0.15, -0.1) is 0 Å². The number of benzene rings is 1. The van der Waals surface area contributed by atoms with Crippen molar-refractivity contribution in [3.63, 3.8) is 0 Å². The summed E-state index contributed by atoms with van der Waals surface area (Å²) in [6.45, 7) is 1.64. The summed E-state index contributed by atoms with van der Waals surface area (Å²) in [4.78, 5) is 23.4. The minimum Gasteiger partial charge on any atom is -0.394 e. The molecule has 0 spiro atoms. The Hall–Kier alpha value is -1.40. The Morgan fingerprint density at radius 2 is 2.05 bits per heavy atom. The first-order valence-electron chi connectivity index (χ1n) is 6.01. The van der Waals surface area contributed by atoms with Gasteiger partial charge in [0.15, 0.2) is 0 Å². The van der Waals surface area contributed by atoms with E-state index in [1.54, 1.807) is 24.3 Å². The first kappa shape index (κ1) is 15.7. The van der Waals surface area contributed by atoms with Gasteiger partial charge in [-0.1, -0.05) is 19.1 Å². The molecule has 1 atom stereocenters. The molecule has 0 saturated heterocycles. The molecule has 104 valence electrons. The summed E-state index contributed by atoms with van der Waals surface area (Å²) < 4.78 is 0.676. The number of amides is 2. The van der Waals surface area contributed by atoms with Crippen LogP contribution in [0.1, 0.15) is 23.7 Å². The predicted molar refractivity (Wildman–Crippen MR) is 75.8 cm³/mol. The Balaban J connectivity index is 2.47. The maximum Gasteiger partial charge on any atom is 0.252 e. The van der Waals surface area contributed by atoms with E-state index in [-0.39, 0.29) is 31.0 Å². The molecule has 1 aromatic rings. The monoisotopic (exact) mass is 328 g/mol. The lowest BCUT2D eigenvalue weighted by Gasteiger charge is -2.14. The van der Waals surface area contributed by atoms with Gasteiger partial charge in [0.2, 0.25) is 5.91 Å². The number of hydrogen-bond acceptors (Lipinski definition) is 3. The van der Waals surface area contributed by atoms with Crippen LogP contribution in [0.4, 0.5) is 0 Å². The number of carbonyl (C=O) groups excluding carboxylic acids is 2. The van der Waals surface area contributed by atoms with Gasteiger partial charge in [0, 0.05) is 4.47 Å². The Labute approximate surface area is 120 Å². The molecular formula is C13H17BrN2O3. The Kier molecular flexibility index (Phi) is 6.52. The Bertz CT molecular complexity index is 447. The van der Waals surface area contributed by atoms with Crippen molar-refractivity contribution in [1.82, 2.24) is 10.6 Å². The molecule has 2 amide bonds. The highest BCUT2D eigenvalue weighted by Gasteiger charge is 2.12. The van der Waals surface area contributed by atoms with Crippen LogP contribution in [0.25, 0.3) is 0 Å². The van der Waals surface area contributed by atoms with Gasteiger partial charge in [-0.2, -0.15) is 0 Å². The van der Waals surface area contributed by atoms with E-state index in [1.807, 2.05) is 6.92 Å². The normalized spacial score (nSPS) is 11.7. The standard InChI is InChI=1S/C13H17BrN2O3/c1-2-9(8-17)16-12(18)7-15-13(19)10-5-3-4-6-11(10)14/h3-6,9,17H,2,7-8H2,1H3,(H,15,19)(H,16,18)/t9-/m0/s1. The van der Waals surface area contributed by atoms with Gasteiger partial charge in [0.25, 0.3) is 5.91 Å². The van der Waals surface area contributed by atoms with Crippen molar-refractivity contribution in [3.05, 3.63) is 34.3 Å². The summed E-state index contributed by atoms with van der Waals surface area (Å²) in [5.41, 5.74) is 0.476. The molecular weight excluding hydrogens is 312 g/mol. The van der Waals surface area contributed by atoms with Crippen LogP contribution in [-0.2, 0) is 4.79 Å². The van der Waals surface area contributed by atoms with Crippen molar-refractivity contribution < 1.29 is 14.7 Å². The van der Waals surface area contributed by atoms with Crippen molar-refractivity contribution in [2.75, 3.05) is 13.2 Å². The topological polar surface area (TPSA) is 78.4 Å². The Morgan fingerprint density at radius 1 is 1.37 bits per heavy atom. The maximum atomic E-state index is 11.8. The van der Waals surface area contributed by atoms with Gasteiger partial charge in [0.1, 0.15) is 0 Å². The molecule has 3 N–H and O–H groups in total. The Morgan fingerprint density at radius 3 is 2.63 bits per heavy atom. The second-order valence-electron chi connectivity index (χ2n) is 4.02. The largest absolute Gasteiger partial charge is 0.394 e. The third kappa shape index (κ3) is 5.00. The number of aliphatic hydroxyl groups is 1. The zero-order valence-electron chi connectivity index (χ0n) is 10.6. The summed E-state index contributed by atoms with van der Waals surface area (Å²) in [5, 5.41) is 14.1. The molecule has 6 heteroatoms. The summed E-state index contributed by atoms with van der Waals surface area (Å²) in [6, 6.07) is 6.71. The molecule has 0 aliphatic rings. The predicted octanol–water partition coefficient (Wildman–Crippen LogP) is 1.07. The van der Waals surface area contributed by atoms with Crippen LogP contribution in [0.3, 0.4) is 0 Å².